The molecular formula is C8H14FNO. The van der Waals surface area contributed by atoms with Crippen molar-refractivity contribution in [3.8, 4) is 0 Å². The molecule has 0 aromatic heterocycles. The molecule has 0 radical (unpaired) electrons. The van der Waals surface area contributed by atoms with Crippen LogP contribution in [0.15, 0.2) is 0 Å². The topological polar surface area (TPSA) is 29.1 Å². The van der Waals surface area contributed by atoms with Gasteiger partial charge in [-0.2, -0.15) is 0 Å². The first-order valence-corrected chi connectivity index (χ1v) is 4.05. The van der Waals surface area contributed by atoms with Crippen molar-refractivity contribution >= 4 is 5.91 Å². The van der Waals surface area contributed by atoms with Crippen LogP contribution in [0.4, 0.5) is 4.39 Å². The molecule has 1 heterocycles. The number of hydrogen-bond acceptors (Lipinski definition) is 1. The zero-order chi connectivity index (χ0) is 8.27. The molecular weight excluding hydrogens is 145 g/mol. The minimum Gasteiger partial charge on any atom is -0.356 e. The van der Waals surface area contributed by atoms with Crippen LogP contribution in [0.3, 0.4) is 0 Å². The van der Waals surface area contributed by atoms with Crippen molar-refractivity contribution < 1.29 is 9.18 Å². The molecule has 0 spiro atoms. The highest BCUT2D eigenvalue weighted by Crippen LogP contribution is 2.18. The Morgan fingerprint density at radius 2 is 2.55 bits per heavy atom. The Morgan fingerprint density at radius 1 is 1.82 bits per heavy atom. The van der Waals surface area contributed by atoms with Crippen LogP contribution in [-0.4, -0.2) is 19.1 Å². The van der Waals surface area contributed by atoms with Gasteiger partial charge in [0.1, 0.15) is 0 Å². The zero-order valence-electron chi connectivity index (χ0n) is 6.77. The molecule has 0 aliphatic carbocycles. The van der Waals surface area contributed by atoms with Crippen molar-refractivity contribution in [2.24, 2.45) is 11.8 Å². The third-order valence-corrected chi connectivity index (χ3v) is 2.06. The number of halogens is 1. The molecule has 2 nitrogen and oxygen atoms in total. The van der Waals surface area contributed by atoms with Gasteiger partial charge in [-0.15, -0.1) is 0 Å². The van der Waals surface area contributed by atoms with Crippen molar-refractivity contribution in [2.75, 3.05) is 13.2 Å². The van der Waals surface area contributed by atoms with E-state index in [4.69, 9.17) is 0 Å². The SMILES string of the molecule is CC(CF)C[C@@H]1CNC(=O)C1. The van der Waals surface area contributed by atoms with E-state index in [-0.39, 0.29) is 18.5 Å². The van der Waals surface area contributed by atoms with E-state index in [1.165, 1.54) is 0 Å². The monoisotopic (exact) mass is 159 g/mol. The van der Waals surface area contributed by atoms with Gasteiger partial charge in [-0.25, -0.2) is 0 Å². The number of rotatable bonds is 3. The Labute approximate surface area is 66.2 Å². The van der Waals surface area contributed by atoms with Crippen molar-refractivity contribution in [2.45, 2.75) is 19.8 Å². The van der Waals surface area contributed by atoms with Crippen LogP contribution in [0.1, 0.15) is 19.8 Å². The second-order valence-electron chi connectivity index (χ2n) is 3.37. The van der Waals surface area contributed by atoms with Gasteiger partial charge in [0.25, 0.3) is 0 Å². The van der Waals surface area contributed by atoms with Gasteiger partial charge in [0.05, 0.1) is 6.67 Å². The molecule has 11 heavy (non-hydrogen) atoms. The molecule has 64 valence electrons. The molecule has 0 saturated carbocycles. The van der Waals surface area contributed by atoms with Crippen LogP contribution in [0.5, 0.6) is 0 Å². The first-order chi connectivity index (χ1) is 5.22. The summed E-state index contributed by atoms with van der Waals surface area (Å²) in [6.45, 7) is 2.34. The molecule has 1 fully saturated rings. The molecule has 1 unspecified atom stereocenters. The van der Waals surface area contributed by atoms with Crippen LogP contribution < -0.4 is 5.32 Å². The van der Waals surface area contributed by atoms with Gasteiger partial charge in [0.2, 0.25) is 5.91 Å². The summed E-state index contributed by atoms with van der Waals surface area (Å²) in [7, 11) is 0. The normalized spacial score (nSPS) is 26.7. The largest absolute Gasteiger partial charge is 0.356 e. The predicted molar refractivity (Wildman–Crippen MR) is 40.9 cm³/mol. The third kappa shape index (κ3) is 2.48. The van der Waals surface area contributed by atoms with E-state index in [1.54, 1.807) is 0 Å². The molecule has 0 aromatic carbocycles. The first kappa shape index (κ1) is 8.50. The van der Waals surface area contributed by atoms with E-state index < -0.39 is 0 Å². The number of carbonyl (C=O) groups excluding carboxylic acids is 1. The highest BCUT2D eigenvalue weighted by atomic mass is 19.1. The van der Waals surface area contributed by atoms with Crippen LogP contribution in [0.25, 0.3) is 0 Å². The molecule has 1 N–H and O–H groups in total. The number of carbonyl (C=O) groups is 1. The summed E-state index contributed by atoms with van der Waals surface area (Å²) in [5, 5.41) is 2.74. The lowest BCUT2D eigenvalue weighted by atomic mass is 9.96. The molecule has 1 saturated heterocycles. The number of alkyl halides is 1. The molecule has 1 aliphatic heterocycles. The van der Waals surface area contributed by atoms with Gasteiger partial charge in [0, 0.05) is 13.0 Å². The quantitative estimate of drug-likeness (QED) is 0.656. The lowest BCUT2D eigenvalue weighted by molar-refractivity contribution is -0.119. The highest BCUT2D eigenvalue weighted by molar-refractivity contribution is 5.78. The smallest absolute Gasteiger partial charge is 0.220 e. The van der Waals surface area contributed by atoms with Crippen molar-refractivity contribution in [3.63, 3.8) is 0 Å². The molecule has 1 aliphatic rings. The van der Waals surface area contributed by atoms with Gasteiger partial charge in [0.15, 0.2) is 0 Å². The Kier molecular flexibility index (Phi) is 2.85. The van der Waals surface area contributed by atoms with Crippen LogP contribution in [-0.2, 0) is 4.79 Å². The molecule has 2 atom stereocenters. The van der Waals surface area contributed by atoms with E-state index in [0.29, 0.717) is 12.3 Å². The second-order valence-corrected chi connectivity index (χ2v) is 3.37. The van der Waals surface area contributed by atoms with Gasteiger partial charge >= 0.3 is 0 Å². The summed E-state index contributed by atoms with van der Waals surface area (Å²) >= 11 is 0. The van der Waals surface area contributed by atoms with Crippen molar-refractivity contribution in [1.82, 2.24) is 5.32 Å². The Hall–Kier alpha value is -0.600. The number of amides is 1. The minimum absolute atomic E-state index is 0.104. The average molecular weight is 159 g/mol. The van der Waals surface area contributed by atoms with Gasteiger partial charge in [-0.05, 0) is 18.3 Å². The van der Waals surface area contributed by atoms with E-state index in [9.17, 15) is 9.18 Å². The van der Waals surface area contributed by atoms with Gasteiger partial charge in [-0.3, -0.25) is 9.18 Å². The Bertz CT molecular complexity index is 149. The van der Waals surface area contributed by atoms with Crippen LogP contribution in [0.2, 0.25) is 0 Å². The van der Waals surface area contributed by atoms with E-state index >= 15 is 0 Å². The molecule has 1 rings (SSSR count). The van der Waals surface area contributed by atoms with E-state index in [2.05, 4.69) is 5.32 Å². The summed E-state index contributed by atoms with van der Waals surface area (Å²) in [5.74, 6) is 0.585. The van der Waals surface area contributed by atoms with Crippen molar-refractivity contribution in [1.29, 1.82) is 0 Å². The fourth-order valence-corrected chi connectivity index (χ4v) is 1.46. The molecule has 3 heteroatoms. The molecule has 0 bridgehead atoms. The summed E-state index contributed by atoms with van der Waals surface area (Å²) in [5.41, 5.74) is 0. The van der Waals surface area contributed by atoms with E-state index in [0.717, 1.165) is 13.0 Å². The summed E-state index contributed by atoms with van der Waals surface area (Å²) in [4.78, 5) is 10.7. The molecule has 0 aromatic rings. The highest BCUT2D eigenvalue weighted by Gasteiger charge is 2.22. The average Bonchev–Trinajstić information content (AvgIpc) is 2.35. The standard InChI is InChI=1S/C8H14FNO/c1-6(4-9)2-7-3-8(11)10-5-7/h6-7H,2-5H2,1H3,(H,10,11)/t6?,7-/m0/s1. The Balaban J connectivity index is 2.22. The summed E-state index contributed by atoms with van der Waals surface area (Å²) in [6, 6.07) is 0. The van der Waals surface area contributed by atoms with Crippen molar-refractivity contribution in [3.05, 3.63) is 0 Å². The molecule has 1 amide bonds. The fraction of sp³-hybridized carbons (Fsp3) is 0.875. The summed E-state index contributed by atoms with van der Waals surface area (Å²) < 4.78 is 12.0. The fourth-order valence-electron chi connectivity index (χ4n) is 1.46. The summed E-state index contributed by atoms with van der Waals surface area (Å²) in [6.07, 6.45) is 1.42. The zero-order valence-corrected chi connectivity index (χ0v) is 6.77. The minimum atomic E-state index is -0.273. The second kappa shape index (κ2) is 3.69. The predicted octanol–water partition coefficient (Wildman–Crippen LogP) is 1.12. The number of nitrogens with one attached hydrogen (secondary N) is 1. The van der Waals surface area contributed by atoms with Crippen LogP contribution in [0, 0.1) is 11.8 Å². The maximum Gasteiger partial charge on any atom is 0.220 e. The maximum absolute atomic E-state index is 12.0. The van der Waals surface area contributed by atoms with Gasteiger partial charge in [-0.1, -0.05) is 6.92 Å². The lowest BCUT2D eigenvalue weighted by Gasteiger charge is -2.10. The van der Waals surface area contributed by atoms with Gasteiger partial charge < -0.3 is 5.32 Å². The third-order valence-electron chi connectivity index (χ3n) is 2.06. The maximum atomic E-state index is 12.0. The Morgan fingerprint density at radius 3 is 3.00 bits per heavy atom. The lowest BCUT2D eigenvalue weighted by Crippen LogP contribution is -2.14. The number of hydrogen-bond donors (Lipinski definition) is 1. The van der Waals surface area contributed by atoms with Crippen LogP contribution >= 0.6 is 0 Å². The van der Waals surface area contributed by atoms with E-state index in [1.807, 2.05) is 6.92 Å². The first-order valence-electron chi connectivity index (χ1n) is 4.05.